The van der Waals surface area contributed by atoms with Crippen LogP contribution in [0.5, 0.6) is 0 Å². The molecule has 0 aliphatic rings. The molecule has 0 aliphatic carbocycles. The Morgan fingerprint density at radius 3 is 1.97 bits per heavy atom. The second-order valence-corrected chi connectivity index (χ2v) is 14.6. The Morgan fingerprint density at radius 1 is 0.719 bits per heavy atom. The van der Waals surface area contributed by atoms with Crippen LogP contribution >= 0.6 is 29.9 Å². The molecule has 32 heavy (non-hydrogen) atoms. The fourth-order valence-corrected chi connectivity index (χ4v) is 9.45. The summed E-state index contributed by atoms with van der Waals surface area (Å²) in [4.78, 5) is 0. The summed E-state index contributed by atoms with van der Waals surface area (Å²) in [7, 11) is -1.22. The highest BCUT2D eigenvalue weighted by molar-refractivity contribution is 14.1. The van der Waals surface area contributed by atoms with E-state index in [0.717, 1.165) is 6.42 Å². The summed E-state index contributed by atoms with van der Waals surface area (Å²) in [5, 5.41) is 1.65. The average Bonchev–Trinajstić information content (AvgIpc) is 2.82. The lowest BCUT2D eigenvalue weighted by molar-refractivity contribution is 0.865. The average molecular weight is 558 g/mol. The Kier molecular flexibility index (Phi) is 9.80. The van der Waals surface area contributed by atoms with E-state index in [1.165, 1.54) is 75.8 Å². The molecule has 0 spiro atoms. The van der Waals surface area contributed by atoms with Crippen LogP contribution in [0.15, 0.2) is 66.7 Å². The van der Waals surface area contributed by atoms with Crippen molar-refractivity contribution < 1.29 is 0 Å². The van der Waals surface area contributed by atoms with Crippen molar-refractivity contribution in [3.05, 3.63) is 75.9 Å². The Labute approximate surface area is 210 Å². The molecule has 0 saturated carbocycles. The second-order valence-electron chi connectivity index (χ2n) is 9.17. The van der Waals surface area contributed by atoms with Crippen molar-refractivity contribution in [1.29, 1.82) is 0 Å². The molecule has 0 fully saturated rings. The number of aryl methyl sites for hydroxylation is 1. The number of hydrogen-bond donors (Lipinski definition) is 0. The van der Waals surface area contributed by atoms with Crippen LogP contribution in [0.4, 0.5) is 0 Å². The van der Waals surface area contributed by atoms with Crippen molar-refractivity contribution in [3.63, 3.8) is 0 Å². The van der Waals surface area contributed by atoms with Gasteiger partial charge in [0.15, 0.2) is 0 Å². The number of benzene rings is 3. The Bertz CT molecular complexity index is 985. The first-order valence-electron chi connectivity index (χ1n) is 12.4. The smallest absolute Gasteiger partial charge is 0.0652 e. The van der Waals surface area contributed by atoms with Gasteiger partial charge in [-0.25, -0.2) is 0 Å². The molecule has 0 unspecified atom stereocenters. The third-order valence-electron chi connectivity index (χ3n) is 6.55. The highest BCUT2D eigenvalue weighted by Crippen LogP contribution is 2.57. The van der Waals surface area contributed by atoms with Crippen LogP contribution < -0.4 is 5.30 Å². The van der Waals surface area contributed by atoms with E-state index >= 15 is 0 Å². The van der Waals surface area contributed by atoms with Gasteiger partial charge in [-0.1, -0.05) is 88.6 Å². The highest BCUT2D eigenvalue weighted by Gasteiger charge is 2.36. The summed E-state index contributed by atoms with van der Waals surface area (Å²) in [5.41, 5.74) is 7.20. The Hall–Kier alpha value is -1.18. The van der Waals surface area contributed by atoms with Crippen LogP contribution in [-0.4, -0.2) is 19.0 Å². The quantitative estimate of drug-likeness (QED) is 0.163. The van der Waals surface area contributed by atoms with Crippen molar-refractivity contribution >= 4 is 35.2 Å². The van der Waals surface area contributed by atoms with Crippen LogP contribution in [0, 0.1) is 3.57 Å². The highest BCUT2D eigenvalue weighted by atomic mass is 127. The topological polar surface area (TPSA) is 0 Å². The van der Waals surface area contributed by atoms with Crippen molar-refractivity contribution in [1.82, 2.24) is 0 Å². The van der Waals surface area contributed by atoms with Gasteiger partial charge >= 0.3 is 0 Å². The molecule has 0 radical (unpaired) electrons. The van der Waals surface area contributed by atoms with Crippen LogP contribution in [0.25, 0.3) is 22.3 Å². The molecule has 3 aromatic rings. The Morgan fingerprint density at radius 2 is 1.34 bits per heavy atom. The largest absolute Gasteiger partial charge is 0.101 e. The first-order chi connectivity index (χ1) is 15.5. The van der Waals surface area contributed by atoms with Crippen molar-refractivity contribution in [2.24, 2.45) is 0 Å². The van der Waals surface area contributed by atoms with Gasteiger partial charge in [-0.15, -0.1) is 0 Å². The number of unbranched alkanes of at least 4 members (excludes halogenated alkanes) is 2. The fraction of sp³-hybridized carbons (Fsp3) is 0.400. The van der Waals surface area contributed by atoms with E-state index in [9.17, 15) is 0 Å². The van der Waals surface area contributed by atoms with Gasteiger partial charge in [0.1, 0.15) is 5.30 Å². The standard InChI is InChI=1S/C30H39IP/c1-5-8-20-32(4,21-9-6-2)29-19-14-13-18-27(29)30-25(15-7-3)22-26(31)23-28(30)24-16-11-10-12-17-24/h10-14,16-19,22-23H,5-9,15,20-21H2,1-4H3/q+1. The van der Waals surface area contributed by atoms with E-state index in [-0.39, 0.29) is 0 Å². The van der Waals surface area contributed by atoms with Gasteiger partial charge in [0.25, 0.3) is 0 Å². The maximum atomic E-state index is 2.63. The molecule has 3 rings (SSSR count). The molecule has 0 nitrogen and oxygen atoms in total. The van der Waals surface area contributed by atoms with Gasteiger partial charge in [0, 0.05) is 16.4 Å². The van der Waals surface area contributed by atoms with Crippen LogP contribution in [0.3, 0.4) is 0 Å². The predicted molar refractivity (Wildman–Crippen MR) is 156 cm³/mol. The van der Waals surface area contributed by atoms with E-state index in [0.29, 0.717) is 0 Å². The third kappa shape index (κ3) is 6.03. The molecule has 0 bridgehead atoms. The normalized spacial score (nSPS) is 11.7. The molecular formula is C30H39IP+. The number of hydrogen-bond acceptors (Lipinski definition) is 0. The van der Waals surface area contributed by atoms with Gasteiger partial charge in [-0.05, 0) is 82.3 Å². The molecule has 0 saturated heterocycles. The zero-order valence-electron chi connectivity index (χ0n) is 20.3. The molecular weight excluding hydrogens is 518 g/mol. The zero-order valence-corrected chi connectivity index (χ0v) is 23.4. The fourth-order valence-electron chi connectivity index (χ4n) is 4.82. The minimum absolute atomic E-state index is 1.12. The van der Waals surface area contributed by atoms with Crippen LogP contribution in [0.1, 0.15) is 58.4 Å². The zero-order chi connectivity index (χ0) is 23.0. The van der Waals surface area contributed by atoms with Crippen LogP contribution in [-0.2, 0) is 6.42 Å². The second kappa shape index (κ2) is 12.3. The molecule has 0 aliphatic heterocycles. The lowest BCUT2D eigenvalue weighted by Crippen LogP contribution is -2.20. The van der Waals surface area contributed by atoms with E-state index in [1.807, 2.05) is 0 Å². The number of halogens is 1. The minimum Gasteiger partial charge on any atom is -0.0652 e. The summed E-state index contributed by atoms with van der Waals surface area (Å²) in [6.45, 7) is 9.60. The first-order valence-corrected chi connectivity index (χ1v) is 16.0. The van der Waals surface area contributed by atoms with Gasteiger partial charge in [0.2, 0.25) is 0 Å². The lowest BCUT2D eigenvalue weighted by atomic mass is 9.89. The molecule has 0 heterocycles. The third-order valence-corrected chi connectivity index (χ3v) is 11.3. The molecule has 0 N–H and O–H groups in total. The van der Waals surface area contributed by atoms with Gasteiger partial charge < -0.3 is 0 Å². The van der Waals surface area contributed by atoms with Gasteiger partial charge in [-0.3, -0.25) is 0 Å². The van der Waals surface area contributed by atoms with Crippen molar-refractivity contribution in [2.75, 3.05) is 19.0 Å². The molecule has 0 aromatic heterocycles. The maximum absolute atomic E-state index is 2.63. The van der Waals surface area contributed by atoms with Crippen molar-refractivity contribution in [2.45, 2.75) is 59.3 Å². The van der Waals surface area contributed by atoms with Gasteiger partial charge in [0.05, 0.1) is 19.0 Å². The van der Waals surface area contributed by atoms with E-state index in [2.05, 4.69) is 117 Å². The molecule has 3 aromatic carbocycles. The molecule has 0 atom stereocenters. The summed E-state index contributed by atoms with van der Waals surface area (Å²) in [6.07, 6.45) is 10.3. The maximum Gasteiger partial charge on any atom is 0.101 e. The summed E-state index contributed by atoms with van der Waals surface area (Å²) in [5.74, 6) is 0. The summed E-state index contributed by atoms with van der Waals surface area (Å²) >= 11 is 2.50. The van der Waals surface area contributed by atoms with Crippen LogP contribution in [0.2, 0.25) is 0 Å². The van der Waals surface area contributed by atoms with E-state index in [1.54, 1.807) is 5.30 Å². The summed E-state index contributed by atoms with van der Waals surface area (Å²) < 4.78 is 1.33. The SMILES string of the molecule is CCCC[P+](C)(CCCC)c1ccccc1-c1c(CCC)cc(I)cc1-c1ccccc1. The number of rotatable bonds is 11. The van der Waals surface area contributed by atoms with E-state index in [4.69, 9.17) is 0 Å². The first kappa shape index (κ1) is 25.4. The monoisotopic (exact) mass is 557 g/mol. The molecule has 0 amide bonds. The van der Waals surface area contributed by atoms with E-state index < -0.39 is 7.26 Å². The molecule has 170 valence electrons. The lowest BCUT2D eigenvalue weighted by Gasteiger charge is -2.27. The Balaban J connectivity index is 2.28. The van der Waals surface area contributed by atoms with Gasteiger partial charge in [-0.2, -0.15) is 0 Å². The summed E-state index contributed by atoms with van der Waals surface area (Å²) in [6, 6.07) is 25.3. The van der Waals surface area contributed by atoms with Crippen molar-refractivity contribution in [3.8, 4) is 22.3 Å². The predicted octanol–water partition coefficient (Wildman–Crippen LogP) is 9.45. The minimum atomic E-state index is -1.22. The molecule has 2 heteroatoms.